The summed E-state index contributed by atoms with van der Waals surface area (Å²) in [5.74, 6) is -0.141. The highest BCUT2D eigenvalue weighted by atomic mass is 79.9. The molecule has 1 aromatic carbocycles. The number of halogens is 1. The Morgan fingerprint density at radius 3 is 2.52 bits per heavy atom. The van der Waals surface area contributed by atoms with E-state index < -0.39 is 5.97 Å². The zero-order chi connectivity index (χ0) is 17.0. The molecule has 1 aliphatic rings. The molecule has 2 atom stereocenters. The molecule has 1 saturated heterocycles. The second kappa shape index (κ2) is 7.79. The molecule has 0 aliphatic carbocycles. The fraction of sp³-hybridized carbons (Fsp3) is 0.500. The summed E-state index contributed by atoms with van der Waals surface area (Å²) in [6.07, 6.45) is -0.0353. The van der Waals surface area contributed by atoms with Crippen molar-refractivity contribution in [1.82, 2.24) is 4.90 Å². The molecule has 23 heavy (non-hydrogen) atoms. The first-order chi connectivity index (χ1) is 10.9. The lowest BCUT2D eigenvalue weighted by atomic mass is 10.2. The maximum Gasteiger partial charge on any atom is 0.338 e. The molecule has 0 aromatic heterocycles. The summed E-state index contributed by atoms with van der Waals surface area (Å²) in [4.78, 5) is 25.9. The van der Waals surface area contributed by atoms with E-state index in [0.717, 1.165) is 0 Å². The molecule has 126 valence electrons. The summed E-state index contributed by atoms with van der Waals surface area (Å²) in [7, 11) is 1.54. The molecule has 0 spiro atoms. The van der Waals surface area contributed by atoms with Crippen LogP contribution >= 0.6 is 15.9 Å². The Kier molecular flexibility index (Phi) is 6.01. The van der Waals surface area contributed by atoms with Crippen LogP contribution in [0.4, 0.5) is 0 Å². The molecule has 0 saturated carbocycles. The standard InChI is InChI=1S/C16H20BrNO5/c1-10-7-18(8-11(2)23-10)15(19)9-22-16(20)12-4-5-14(21-3)13(17)6-12/h4-6,10-11H,7-9H2,1-3H3/t10-,11+. The normalized spacial score (nSPS) is 21.0. The van der Waals surface area contributed by atoms with Crippen LogP contribution in [0.3, 0.4) is 0 Å². The third-order valence-corrected chi connectivity index (χ3v) is 4.11. The topological polar surface area (TPSA) is 65.1 Å². The molecular formula is C16H20BrNO5. The maximum atomic E-state index is 12.2. The first-order valence-electron chi connectivity index (χ1n) is 7.34. The van der Waals surface area contributed by atoms with Gasteiger partial charge in [-0.05, 0) is 48.0 Å². The maximum absolute atomic E-state index is 12.2. The molecule has 0 bridgehead atoms. The average molecular weight is 386 g/mol. The molecule has 0 unspecified atom stereocenters. The highest BCUT2D eigenvalue weighted by molar-refractivity contribution is 9.10. The van der Waals surface area contributed by atoms with Crippen molar-refractivity contribution < 1.29 is 23.8 Å². The molecule has 1 heterocycles. The molecule has 6 nitrogen and oxygen atoms in total. The van der Waals surface area contributed by atoms with E-state index in [9.17, 15) is 9.59 Å². The third kappa shape index (κ3) is 4.68. The predicted molar refractivity (Wildman–Crippen MR) is 87.6 cm³/mol. The van der Waals surface area contributed by atoms with Crippen LogP contribution in [0.15, 0.2) is 22.7 Å². The molecule has 0 radical (unpaired) electrons. The van der Waals surface area contributed by atoms with Crippen molar-refractivity contribution in [1.29, 1.82) is 0 Å². The highest BCUT2D eigenvalue weighted by Crippen LogP contribution is 2.25. The van der Waals surface area contributed by atoms with Gasteiger partial charge in [-0.1, -0.05) is 0 Å². The summed E-state index contributed by atoms with van der Waals surface area (Å²) in [6, 6.07) is 4.85. The second-order valence-electron chi connectivity index (χ2n) is 5.48. The van der Waals surface area contributed by atoms with Gasteiger partial charge in [0.1, 0.15) is 5.75 Å². The average Bonchev–Trinajstić information content (AvgIpc) is 2.51. The quantitative estimate of drug-likeness (QED) is 0.743. The van der Waals surface area contributed by atoms with Crippen LogP contribution in [-0.2, 0) is 14.3 Å². The molecule has 7 heteroatoms. The predicted octanol–water partition coefficient (Wildman–Crippen LogP) is 2.25. The monoisotopic (exact) mass is 385 g/mol. The van der Waals surface area contributed by atoms with Crippen LogP contribution < -0.4 is 4.74 Å². The van der Waals surface area contributed by atoms with Crippen molar-refractivity contribution in [3.05, 3.63) is 28.2 Å². The van der Waals surface area contributed by atoms with Crippen molar-refractivity contribution in [2.24, 2.45) is 0 Å². The van der Waals surface area contributed by atoms with Gasteiger partial charge in [-0.25, -0.2) is 4.79 Å². The first-order valence-corrected chi connectivity index (χ1v) is 8.14. The molecule has 2 rings (SSSR count). The number of amides is 1. The van der Waals surface area contributed by atoms with Gasteiger partial charge in [0.25, 0.3) is 5.91 Å². The van der Waals surface area contributed by atoms with Crippen molar-refractivity contribution in [3.63, 3.8) is 0 Å². The Labute approximate surface area is 143 Å². The number of rotatable bonds is 4. The number of hydrogen-bond donors (Lipinski definition) is 0. The lowest BCUT2D eigenvalue weighted by Crippen LogP contribution is -2.49. The molecule has 1 fully saturated rings. The van der Waals surface area contributed by atoms with E-state index in [0.29, 0.717) is 28.9 Å². The first kappa shape index (κ1) is 17.7. The van der Waals surface area contributed by atoms with Gasteiger partial charge in [-0.3, -0.25) is 4.79 Å². The minimum Gasteiger partial charge on any atom is -0.496 e. The van der Waals surface area contributed by atoms with E-state index in [1.165, 1.54) is 0 Å². The number of morpholine rings is 1. The van der Waals surface area contributed by atoms with Gasteiger partial charge in [0.05, 0.1) is 29.4 Å². The Morgan fingerprint density at radius 2 is 1.96 bits per heavy atom. The zero-order valence-electron chi connectivity index (χ0n) is 13.4. The van der Waals surface area contributed by atoms with Crippen LogP contribution in [0.1, 0.15) is 24.2 Å². The van der Waals surface area contributed by atoms with Crippen LogP contribution in [-0.4, -0.2) is 55.8 Å². The minimum absolute atomic E-state index is 0.0176. The number of ether oxygens (including phenoxy) is 3. The highest BCUT2D eigenvalue weighted by Gasteiger charge is 2.26. The van der Waals surface area contributed by atoms with Crippen LogP contribution in [0.2, 0.25) is 0 Å². The lowest BCUT2D eigenvalue weighted by molar-refractivity contribution is -0.146. The number of carbonyl (C=O) groups excluding carboxylic acids is 2. The molecule has 1 aromatic rings. The smallest absolute Gasteiger partial charge is 0.338 e. The summed E-state index contributed by atoms with van der Waals surface area (Å²) in [6.45, 7) is 4.57. The number of esters is 1. The Bertz CT molecular complexity index is 582. The van der Waals surface area contributed by atoms with Crippen LogP contribution in [0, 0.1) is 0 Å². The fourth-order valence-electron chi connectivity index (χ4n) is 2.48. The van der Waals surface area contributed by atoms with E-state index in [4.69, 9.17) is 14.2 Å². The van der Waals surface area contributed by atoms with Crippen molar-refractivity contribution in [2.45, 2.75) is 26.1 Å². The number of nitrogens with zero attached hydrogens (tertiary/aromatic N) is 1. The van der Waals surface area contributed by atoms with E-state index in [1.807, 2.05) is 13.8 Å². The van der Waals surface area contributed by atoms with E-state index in [-0.39, 0.29) is 24.7 Å². The van der Waals surface area contributed by atoms with Gasteiger partial charge in [-0.2, -0.15) is 0 Å². The van der Waals surface area contributed by atoms with Crippen LogP contribution in [0.25, 0.3) is 0 Å². The Balaban J connectivity index is 1.91. The largest absolute Gasteiger partial charge is 0.496 e. The van der Waals surface area contributed by atoms with Gasteiger partial charge in [0.2, 0.25) is 0 Å². The van der Waals surface area contributed by atoms with Crippen molar-refractivity contribution in [3.8, 4) is 5.75 Å². The van der Waals surface area contributed by atoms with E-state index in [1.54, 1.807) is 30.2 Å². The van der Waals surface area contributed by atoms with E-state index >= 15 is 0 Å². The number of carbonyl (C=O) groups is 2. The van der Waals surface area contributed by atoms with Gasteiger partial charge in [-0.15, -0.1) is 0 Å². The second-order valence-corrected chi connectivity index (χ2v) is 6.34. The SMILES string of the molecule is COc1ccc(C(=O)OCC(=O)N2C[C@@H](C)O[C@@H](C)C2)cc1Br. The molecular weight excluding hydrogens is 366 g/mol. The van der Waals surface area contributed by atoms with E-state index in [2.05, 4.69) is 15.9 Å². The van der Waals surface area contributed by atoms with Gasteiger partial charge in [0.15, 0.2) is 6.61 Å². The molecule has 0 N–H and O–H groups in total. The van der Waals surface area contributed by atoms with Crippen LogP contribution in [0.5, 0.6) is 5.75 Å². The van der Waals surface area contributed by atoms with Gasteiger partial charge in [0, 0.05) is 13.1 Å². The summed E-state index contributed by atoms with van der Waals surface area (Å²) in [5.41, 5.74) is 0.356. The minimum atomic E-state index is -0.545. The molecule has 1 amide bonds. The number of hydrogen-bond acceptors (Lipinski definition) is 5. The number of benzene rings is 1. The fourth-order valence-corrected chi connectivity index (χ4v) is 3.02. The summed E-state index contributed by atoms with van der Waals surface area (Å²) >= 11 is 3.31. The Morgan fingerprint density at radius 1 is 1.30 bits per heavy atom. The zero-order valence-corrected chi connectivity index (χ0v) is 15.0. The molecule has 1 aliphatic heterocycles. The van der Waals surface area contributed by atoms with Crippen molar-refractivity contribution in [2.75, 3.05) is 26.8 Å². The Hall–Kier alpha value is -1.60. The summed E-state index contributed by atoms with van der Waals surface area (Å²) in [5, 5.41) is 0. The van der Waals surface area contributed by atoms with Gasteiger partial charge >= 0.3 is 5.97 Å². The van der Waals surface area contributed by atoms with Gasteiger partial charge < -0.3 is 19.1 Å². The third-order valence-electron chi connectivity index (χ3n) is 3.49. The summed E-state index contributed by atoms with van der Waals surface area (Å²) < 4.78 is 16.4. The lowest BCUT2D eigenvalue weighted by Gasteiger charge is -2.35. The number of methoxy groups -OCH3 is 1. The van der Waals surface area contributed by atoms with Crippen molar-refractivity contribution >= 4 is 27.8 Å².